The van der Waals surface area contributed by atoms with Crippen molar-refractivity contribution in [3.05, 3.63) is 88.7 Å². The van der Waals surface area contributed by atoms with Gasteiger partial charge in [-0.15, -0.1) is 0 Å². The SMILES string of the molecule is Cc1cccc(Cn2c(=O)oc3cc(-c4cnc5[nH]ccc5c4)ccc32)c1. The van der Waals surface area contributed by atoms with E-state index in [9.17, 15) is 4.79 Å². The van der Waals surface area contributed by atoms with Crippen LogP contribution in [0.2, 0.25) is 0 Å². The summed E-state index contributed by atoms with van der Waals surface area (Å²) in [6, 6.07) is 18.0. The first-order chi connectivity index (χ1) is 13.2. The Morgan fingerprint density at radius 1 is 1.07 bits per heavy atom. The molecule has 2 aromatic carbocycles. The third-order valence-corrected chi connectivity index (χ3v) is 4.82. The number of fused-ring (bicyclic) bond motifs is 2. The highest BCUT2D eigenvalue weighted by atomic mass is 16.4. The first kappa shape index (κ1) is 15.6. The summed E-state index contributed by atoms with van der Waals surface area (Å²) in [7, 11) is 0. The third kappa shape index (κ3) is 2.73. The molecule has 132 valence electrons. The minimum atomic E-state index is -0.345. The number of aromatic amines is 1. The number of aromatic nitrogens is 3. The molecule has 5 rings (SSSR count). The van der Waals surface area contributed by atoms with E-state index < -0.39 is 0 Å². The van der Waals surface area contributed by atoms with Crippen LogP contribution in [0.4, 0.5) is 0 Å². The van der Waals surface area contributed by atoms with E-state index in [1.807, 2.05) is 61.8 Å². The normalized spacial score (nSPS) is 11.4. The van der Waals surface area contributed by atoms with Gasteiger partial charge in [0, 0.05) is 23.3 Å². The average Bonchev–Trinajstić information content (AvgIpc) is 3.25. The third-order valence-electron chi connectivity index (χ3n) is 4.82. The Morgan fingerprint density at radius 2 is 2.00 bits per heavy atom. The van der Waals surface area contributed by atoms with Crippen LogP contribution < -0.4 is 5.76 Å². The predicted octanol–water partition coefficient (Wildman–Crippen LogP) is 4.49. The van der Waals surface area contributed by atoms with Gasteiger partial charge in [0.25, 0.3) is 0 Å². The molecule has 0 saturated heterocycles. The molecule has 0 aliphatic heterocycles. The van der Waals surface area contributed by atoms with Crippen LogP contribution in [0.15, 0.2) is 76.2 Å². The van der Waals surface area contributed by atoms with Gasteiger partial charge in [-0.3, -0.25) is 4.57 Å². The fourth-order valence-electron chi connectivity index (χ4n) is 3.49. The Bertz CT molecular complexity index is 1340. The smallest absolute Gasteiger partial charge is 0.408 e. The Morgan fingerprint density at radius 3 is 2.89 bits per heavy atom. The Labute approximate surface area is 154 Å². The standard InChI is InChI=1S/C22H17N3O2/c1-14-3-2-4-15(9-14)13-25-19-6-5-16(11-20(19)27-22(25)26)18-10-17-7-8-23-21(17)24-12-18/h2-12H,13H2,1H3,(H,23,24). The topological polar surface area (TPSA) is 63.8 Å². The summed E-state index contributed by atoms with van der Waals surface area (Å²) >= 11 is 0. The lowest BCUT2D eigenvalue weighted by Gasteiger charge is -2.05. The number of hydrogen-bond acceptors (Lipinski definition) is 3. The lowest BCUT2D eigenvalue weighted by Crippen LogP contribution is -2.14. The van der Waals surface area contributed by atoms with Gasteiger partial charge in [-0.2, -0.15) is 0 Å². The van der Waals surface area contributed by atoms with Crippen LogP contribution in [0.3, 0.4) is 0 Å². The molecular formula is C22H17N3O2. The molecule has 5 heteroatoms. The van der Waals surface area contributed by atoms with E-state index in [2.05, 4.69) is 22.1 Å². The van der Waals surface area contributed by atoms with Crippen LogP contribution in [-0.2, 0) is 6.54 Å². The zero-order valence-corrected chi connectivity index (χ0v) is 14.8. The van der Waals surface area contributed by atoms with E-state index in [-0.39, 0.29) is 5.76 Å². The van der Waals surface area contributed by atoms with Gasteiger partial charge in [0.1, 0.15) is 5.65 Å². The van der Waals surface area contributed by atoms with Crippen molar-refractivity contribution in [1.82, 2.24) is 14.5 Å². The summed E-state index contributed by atoms with van der Waals surface area (Å²) in [5, 5.41) is 1.05. The first-order valence-electron chi connectivity index (χ1n) is 8.80. The number of benzene rings is 2. The lowest BCUT2D eigenvalue weighted by atomic mass is 10.1. The molecule has 0 aliphatic carbocycles. The Balaban J connectivity index is 1.58. The molecule has 5 nitrogen and oxygen atoms in total. The number of nitrogens with one attached hydrogen (secondary N) is 1. The molecule has 5 aromatic rings. The molecule has 0 atom stereocenters. The highest BCUT2D eigenvalue weighted by molar-refractivity contribution is 5.85. The van der Waals surface area contributed by atoms with E-state index in [0.29, 0.717) is 12.1 Å². The van der Waals surface area contributed by atoms with E-state index in [1.165, 1.54) is 5.56 Å². The van der Waals surface area contributed by atoms with E-state index in [1.54, 1.807) is 4.57 Å². The molecule has 0 saturated carbocycles. The van der Waals surface area contributed by atoms with E-state index in [4.69, 9.17) is 4.42 Å². The molecule has 27 heavy (non-hydrogen) atoms. The van der Waals surface area contributed by atoms with Gasteiger partial charge < -0.3 is 9.40 Å². The van der Waals surface area contributed by atoms with Gasteiger partial charge in [0.2, 0.25) is 0 Å². The van der Waals surface area contributed by atoms with Crippen molar-refractivity contribution in [2.75, 3.05) is 0 Å². The van der Waals surface area contributed by atoms with Crippen LogP contribution in [0, 0.1) is 6.92 Å². The number of H-pyrrole nitrogens is 1. The number of pyridine rings is 1. The number of aryl methyl sites for hydroxylation is 1. The van der Waals surface area contributed by atoms with Crippen LogP contribution in [0.1, 0.15) is 11.1 Å². The summed E-state index contributed by atoms with van der Waals surface area (Å²) in [5.41, 5.74) is 6.43. The minimum absolute atomic E-state index is 0.345. The van der Waals surface area contributed by atoms with Gasteiger partial charge in [-0.05, 0) is 42.3 Å². The van der Waals surface area contributed by atoms with E-state index in [0.717, 1.165) is 33.2 Å². The molecule has 0 spiro atoms. The summed E-state index contributed by atoms with van der Waals surface area (Å²) in [5.74, 6) is -0.345. The summed E-state index contributed by atoms with van der Waals surface area (Å²) in [6.07, 6.45) is 3.69. The quantitative estimate of drug-likeness (QED) is 0.518. The zero-order valence-electron chi connectivity index (χ0n) is 14.8. The zero-order chi connectivity index (χ0) is 18.4. The maximum atomic E-state index is 12.4. The van der Waals surface area contributed by atoms with Gasteiger partial charge in [0.05, 0.1) is 12.1 Å². The van der Waals surface area contributed by atoms with Crippen molar-refractivity contribution in [2.24, 2.45) is 0 Å². The van der Waals surface area contributed by atoms with Crippen molar-refractivity contribution in [3.63, 3.8) is 0 Å². The number of oxazole rings is 1. The monoisotopic (exact) mass is 355 g/mol. The van der Waals surface area contributed by atoms with Gasteiger partial charge in [-0.1, -0.05) is 35.9 Å². The highest BCUT2D eigenvalue weighted by Gasteiger charge is 2.12. The first-order valence-corrected chi connectivity index (χ1v) is 8.80. The van der Waals surface area contributed by atoms with Crippen molar-refractivity contribution >= 4 is 22.1 Å². The molecule has 3 heterocycles. The number of hydrogen-bond donors (Lipinski definition) is 1. The fourth-order valence-corrected chi connectivity index (χ4v) is 3.49. The molecule has 0 amide bonds. The van der Waals surface area contributed by atoms with Crippen LogP contribution in [0.5, 0.6) is 0 Å². The predicted molar refractivity (Wildman–Crippen MR) is 106 cm³/mol. The van der Waals surface area contributed by atoms with Crippen LogP contribution >= 0.6 is 0 Å². The summed E-state index contributed by atoms with van der Waals surface area (Å²) < 4.78 is 7.19. The maximum Gasteiger partial charge on any atom is 0.420 e. The van der Waals surface area contributed by atoms with Crippen molar-refractivity contribution in [2.45, 2.75) is 13.5 Å². The second kappa shape index (κ2) is 5.99. The molecule has 1 N–H and O–H groups in total. The largest absolute Gasteiger partial charge is 0.420 e. The van der Waals surface area contributed by atoms with Gasteiger partial charge >= 0.3 is 5.76 Å². The number of rotatable bonds is 3. The van der Waals surface area contributed by atoms with Gasteiger partial charge in [0.15, 0.2) is 5.58 Å². The molecule has 0 fully saturated rings. The number of nitrogens with zero attached hydrogens (tertiary/aromatic N) is 2. The Kier molecular flexibility index (Phi) is 3.47. The van der Waals surface area contributed by atoms with E-state index >= 15 is 0 Å². The molecule has 0 unspecified atom stereocenters. The molecule has 0 bridgehead atoms. The Hall–Kier alpha value is -3.60. The van der Waals surface area contributed by atoms with Crippen molar-refractivity contribution in [1.29, 1.82) is 0 Å². The molecular weight excluding hydrogens is 338 g/mol. The molecule has 0 aliphatic rings. The molecule has 0 radical (unpaired) electrons. The molecule has 3 aromatic heterocycles. The summed E-state index contributed by atoms with van der Waals surface area (Å²) in [4.78, 5) is 19.9. The maximum absolute atomic E-state index is 12.4. The van der Waals surface area contributed by atoms with Crippen LogP contribution in [-0.4, -0.2) is 14.5 Å². The van der Waals surface area contributed by atoms with Gasteiger partial charge in [-0.25, -0.2) is 9.78 Å². The summed E-state index contributed by atoms with van der Waals surface area (Å²) in [6.45, 7) is 2.53. The minimum Gasteiger partial charge on any atom is -0.408 e. The second-order valence-corrected chi connectivity index (χ2v) is 6.77. The van der Waals surface area contributed by atoms with Crippen molar-refractivity contribution in [3.8, 4) is 11.1 Å². The lowest BCUT2D eigenvalue weighted by molar-refractivity contribution is 0.518. The second-order valence-electron chi connectivity index (χ2n) is 6.77. The highest BCUT2D eigenvalue weighted by Crippen LogP contribution is 2.26. The van der Waals surface area contributed by atoms with Crippen molar-refractivity contribution < 1.29 is 4.42 Å². The average molecular weight is 355 g/mol. The van der Waals surface area contributed by atoms with Crippen LogP contribution in [0.25, 0.3) is 33.3 Å². The fraction of sp³-hybridized carbons (Fsp3) is 0.0909.